The zero-order chi connectivity index (χ0) is 26.9. The molecule has 1 amide bonds. The summed E-state index contributed by atoms with van der Waals surface area (Å²) in [5.74, 6) is 1.71. The number of Topliss-reactive ketones (excluding diaryl/α,β-unsaturated/α-hetero) is 1. The van der Waals surface area contributed by atoms with E-state index in [0.717, 1.165) is 23.7 Å². The molecule has 1 aliphatic carbocycles. The number of carbonyl (C=O) groups excluding carboxylic acids is 2. The zero-order valence-electron chi connectivity index (χ0n) is 21.5. The number of nitrogens with one attached hydrogen (secondary N) is 1. The largest absolute Gasteiger partial charge is 0.492 e. The smallest absolute Gasteiger partial charge is 0.416 e. The molecule has 3 aromatic rings. The number of fused-ring (bicyclic) bond motifs is 3. The van der Waals surface area contributed by atoms with Crippen LogP contribution in [0.5, 0.6) is 11.5 Å². The molecule has 39 heavy (non-hydrogen) atoms. The highest BCUT2D eigenvalue weighted by molar-refractivity contribution is 5.90. The van der Waals surface area contributed by atoms with Crippen molar-refractivity contribution in [2.24, 2.45) is 5.73 Å². The number of ether oxygens (including phenoxy) is 3. The van der Waals surface area contributed by atoms with Gasteiger partial charge in [0.15, 0.2) is 5.78 Å². The van der Waals surface area contributed by atoms with Crippen LogP contribution in [0.1, 0.15) is 25.0 Å². The molecule has 3 aliphatic rings. The van der Waals surface area contributed by atoms with Crippen LogP contribution in [0.2, 0.25) is 0 Å². The number of anilines is 1. The van der Waals surface area contributed by atoms with Gasteiger partial charge in [-0.05, 0) is 48.6 Å². The Morgan fingerprint density at radius 2 is 1.97 bits per heavy atom. The molecule has 2 fully saturated rings. The molecule has 4 heterocycles. The van der Waals surface area contributed by atoms with E-state index in [0.29, 0.717) is 55.7 Å². The van der Waals surface area contributed by atoms with Crippen LogP contribution in [0.4, 0.5) is 10.6 Å². The molecule has 204 valence electrons. The zero-order valence-corrected chi connectivity index (χ0v) is 21.5. The fourth-order valence-corrected chi connectivity index (χ4v) is 5.72. The number of carbonyl (C=O) groups is 2. The predicted octanol–water partition coefficient (Wildman–Crippen LogP) is 1.77. The van der Waals surface area contributed by atoms with E-state index in [4.69, 9.17) is 19.9 Å². The van der Waals surface area contributed by atoms with Crippen LogP contribution in [0.15, 0.2) is 47.3 Å². The molecule has 0 unspecified atom stereocenters. The summed E-state index contributed by atoms with van der Waals surface area (Å²) < 4.78 is 18.6. The number of rotatable bonds is 8. The molecule has 1 saturated heterocycles. The van der Waals surface area contributed by atoms with Crippen LogP contribution in [-0.4, -0.2) is 65.9 Å². The number of hydrogen-bond donors (Lipinski definition) is 2. The maximum atomic E-state index is 12.8. The lowest BCUT2D eigenvalue weighted by Gasteiger charge is -2.33. The minimum atomic E-state index is -0.420. The maximum Gasteiger partial charge on any atom is 0.416 e. The summed E-state index contributed by atoms with van der Waals surface area (Å²) in [4.78, 5) is 43.5. The van der Waals surface area contributed by atoms with Gasteiger partial charge >= 0.3 is 6.09 Å². The molecular weight excluding hydrogens is 502 g/mol. The molecule has 0 bridgehead atoms. The van der Waals surface area contributed by atoms with Gasteiger partial charge < -0.3 is 29.8 Å². The van der Waals surface area contributed by atoms with Crippen LogP contribution in [0.3, 0.4) is 0 Å². The summed E-state index contributed by atoms with van der Waals surface area (Å²) in [7, 11) is 0. The van der Waals surface area contributed by atoms with E-state index in [9.17, 15) is 14.4 Å². The van der Waals surface area contributed by atoms with Crippen molar-refractivity contribution in [3.63, 3.8) is 0 Å². The number of nitrogens with two attached hydrogens (primary N) is 1. The van der Waals surface area contributed by atoms with Crippen molar-refractivity contribution in [2.45, 2.75) is 50.4 Å². The van der Waals surface area contributed by atoms with E-state index in [2.05, 4.69) is 10.3 Å². The van der Waals surface area contributed by atoms with Crippen molar-refractivity contribution in [2.75, 3.05) is 31.2 Å². The van der Waals surface area contributed by atoms with Crippen molar-refractivity contribution >= 4 is 28.6 Å². The van der Waals surface area contributed by atoms with Crippen molar-refractivity contribution in [1.82, 2.24) is 14.9 Å². The van der Waals surface area contributed by atoms with Crippen LogP contribution >= 0.6 is 0 Å². The number of hydrogen-bond acceptors (Lipinski definition) is 9. The van der Waals surface area contributed by atoms with Crippen molar-refractivity contribution in [3.05, 3.63) is 58.5 Å². The van der Waals surface area contributed by atoms with Gasteiger partial charge in [-0.1, -0.05) is 0 Å². The minimum Gasteiger partial charge on any atom is -0.492 e. The lowest BCUT2D eigenvalue weighted by atomic mass is 9.88. The Morgan fingerprint density at radius 1 is 1.10 bits per heavy atom. The summed E-state index contributed by atoms with van der Waals surface area (Å²) in [6, 6.07) is 12.6. The van der Waals surface area contributed by atoms with Gasteiger partial charge in [-0.25, -0.2) is 9.78 Å². The molecular formula is C28H31N5O6. The predicted molar refractivity (Wildman–Crippen MR) is 143 cm³/mol. The number of pyridine rings is 2. The molecule has 11 heteroatoms. The van der Waals surface area contributed by atoms with Gasteiger partial charge in [-0.15, -0.1) is 0 Å². The molecule has 1 saturated carbocycles. The summed E-state index contributed by atoms with van der Waals surface area (Å²) in [5, 5.41) is 4.51. The highest BCUT2D eigenvalue weighted by atomic mass is 16.6. The maximum absolute atomic E-state index is 12.8. The van der Waals surface area contributed by atoms with Gasteiger partial charge in [0.1, 0.15) is 36.6 Å². The second-order valence-electron chi connectivity index (χ2n) is 10.1. The monoisotopic (exact) mass is 533 g/mol. The van der Waals surface area contributed by atoms with Gasteiger partial charge in [-0.3, -0.25) is 14.5 Å². The Morgan fingerprint density at radius 3 is 2.85 bits per heavy atom. The second-order valence-corrected chi connectivity index (χ2v) is 10.1. The third-order valence-electron chi connectivity index (χ3n) is 7.57. The molecule has 6 rings (SSSR count). The van der Waals surface area contributed by atoms with Crippen LogP contribution in [0, 0.1) is 0 Å². The molecule has 1 aromatic carbocycles. The standard InChI is InChI=1S/C28H31N5O6/c29-9-12-37-20-4-1-17-2-8-27(35)32(23(17)15-20)11-10-30-18-3-5-22-25(13-18)39-28(36)33(22)26-7-6-24-21(31-26)14-19(34)16-38-24/h1-2,4,6-8,15,18,22,25,30H,3,5,9-14,16,29H2/t18-,22-,25-/m1/s1. The summed E-state index contributed by atoms with van der Waals surface area (Å²) in [6.07, 6.45) is 1.79. The van der Waals surface area contributed by atoms with Gasteiger partial charge in [0.05, 0.1) is 23.7 Å². The topological polar surface area (TPSA) is 138 Å². The average molecular weight is 534 g/mol. The Balaban J connectivity index is 1.10. The first kappa shape index (κ1) is 25.3. The van der Waals surface area contributed by atoms with Crippen LogP contribution in [-0.2, 0) is 22.5 Å². The third-order valence-corrected chi connectivity index (χ3v) is 7.57. The molecule has 2 aromatic heterocycles. The number of aromatic nitrogens is 2. The first-order valence-corrected chi connectivity index (χ1v) is 13.3. The Labute approximate surface area is 224 Å². The van der Waals surface area contributed by atoms with E-state index in [1.807, 2.05) is 24.3 Å². The molecule has 0 spiro atoms. The summed E-state index contributed by atoms with van der Waals surface area (Å²) >= 11 is 0. The first-order chi connectivity index (χ1) is 19.0. The first-order valence-electron chi connectivity index (χ1n) is 13.3. The summed E-state index contributed by atoms with van der Waals surface area (Å²) in [6.45, 7) is 1.96. The van der Waals surface area contributed by atoms with Gasteiger partial charge in [0.2, 0.25) is 0 Å². The van der Waals surface area contributed by atoms with E-state index >= 15 is 0 Å². The number of amides is 1. The van der Waals surface area contributed by atoms with E-state index in [1.54, 1.807) is 27.7 Å². The van der Waals surface area contributed by atoms with Crippen molar-refractivity contribution < 1.29 is 23.8 Å². The molecule has 3 atom stereocenters. The molecule has 0 radical (unpaired) electrons. The SMILES string of the molecule is NCCOc1ccc2ccc(=O)n(CCN[C@@H]3CC[C@@H]4[C@@H](C3)OC(=O)N4c3ccc4c(n3)CC(=O)CO4)c2c1. The second kappa shape index (κ2) is 10.7. The lowest BCUT2D eigenvalue weighted by Crippen LogP contribution is -2.46. The Kier molecular flexibility index (Phi) is 6.92. The van der Waals surface area contributed by atoms with Crippen molar-refractivity contribution in [1.29, 1.82) is 0 Å². The molecule has 11 nitrogen and oxygen atoms in total. The molecule has 2 aliphatic heterocycles. The number of ketones is 1. The number of benzene rings is 1. The fraction of sp³-hybridized carbons (Fsp3) is 0.429. The quantitative estimate of drug-likeness (QED) is 0.444. The van der Waals surface area contributed by atoms with Gasteiger partial charge in [0.25, 0.3) is 5.56 Å². The third kappa shape index (κ3) is 5.07. The average Bonchev–Trinajstić information content (AvgIpc) is 3.27. The van der Waals surface area contributed by atoms with Crippen molar-refractivity contribution in [3.8, 4) is 11.5 Å². The van der Waals surface area contributed by atoms with E-state index in [1.165, 1.54) is 0 Å². The van der Waals surface area contributed by atoms with Crippen LogP contribution < -0.4 is 31.0 Å². The Hall–Kier alpha value is -3.96. The van der Waals surface area contributed by atoms with E-state index < -0.39 is 6.09 Å². The molecule has 3 N–H and O–H groups in total. The van der Waals surface area contributed by atoms with Crippen LogP contribution in [0.25, 0.3) is 10.9 Å². The highest BCUT2D eigenvalue weighted by Gasteiger charge is 2.46. The minimum absolute atomic E-state index is 0.0354. The normalized spacial score (nSPS) is 22.3. The number of nitrogens with zero attached hydrogens (tertiary/aromatic N) is 3. The van der Waals surface area contributed by atoms with Gasteiger partial charge in [0, 0.05) is 44.2 Å². The lowest BCUT2D eigenvalue weighted by molar-refractivity contribution is -0.121. The van der Waals surface area contributed by atoms with E-state index in [-0.39, 0.29) is 42.6 Å². The Bertz CT molecular complexity index is 1470. The highest BCUT2D eigenvalue weighted by Crippen LogP contribution is 2.36. The summed E-state index contributed by atoms with van der Waals surface area (Å²) in [5.41, 5.74) is 6.84. The fourth-order valence-electron chi connectivity index (χ4n) is 5.72. The van der Waals surface area contributed by atoms with Gasteiger partial charge in [-0.2, -0.15) is 0 Å².